The van der Waals surface area contributed by atoms with E-state index in [0.29, 0.717) is 15.8 Å². The molecule has 0 bridgehead atoms. The molecule has 0 heterocycles. The highest BCUT2D eigenvalue weighted by Gasteiger charge is 2.07. The standard InChI is InChI=1S/C15H12Cl2FNOS/c16-10-1-4-12(5-2-10)21-8-7-15(20)19-14-6-3-11(17)9-13(14)18/h1-6,9H,7-8H2,(H,19,20). The SMILES string of the molecule is O=C(CCSc1ccc(Cl)cc1)Nc1ccc(Cl)cc1F. The smallest absolute Gasteiger partial charge is 0.225 e. The number of rotatable bonds is 5. The van der Waals surface area contributed by atoms with Crippen LogP contribution in [0.3, 0.4) is 0 Å². The lowest BCUT2D eigenvalue weighted by atomic mass is 10.3. The molecule has 110 valence electrons. The van der Waals surface area contributed by atoms with E-state index in [1.165, 1.54) is 18.2 Å². The number of nitrogens with one attached hydrogen (secondary N) is 1. The van der Waals surface area contributed by atoms with E-state index in [-0.39, 0.29) is 18.0 Å². The minimum Gasteiger partial charge on any atom is -0.324 e. The third kappa shape index (κ3) is 5.23. The first-order chi connectivity index (χ1) is 10.0. The largest absolute Gasteiger partial charge is 0.324 e. The first kappa shape index (κ1) is 16.1. The lowest BCUT2D eigenvalue weighted by Gasteiger charge is -2.06. The summed E-state index contributed by atoms with van der Waals surface area (Å²) in [6.45, 7) is 0. The molecule has 0 fully saturated rings. The van der Waals surface area contributed by atoms with Crippen LogP contribution in [0.1, 0.15) is 6.42 Å². The fourth-order valence-electron chi connectivity index (χ4n) is 1.60. The van der Waals surface area contributed by atoms with Gasteiger partial charge in [0, 0.05) is 27.1 Å². The fourth-order valence-corrected chi connectivity index (χ4v) is 2.73. The predicted octanol–water partition coefficient (Wildman–Crippen LogP) is 5.25. The number of carbonyl (C=O) groups excluding carboxylic acids is 1. The maximum Gasteiger partial charge on any atom is 0.225 e. The van der Waals surface area contributed by atoms with E-state index in [1.807, 2.05) is 12.1 Å². The molecule has 2 nitrogen and oxygen atoms in total. The number of anilines is 1. The van der Waals surface area contributed by atoms with Gasteiger partial charge in [0.05, 0.1) is 5.69 Å². The van der Waals surface area contributed by atoms with Crippen LogP contribution < -0.4 is 5.32 Å². The first-order valence-electron chi connectivity index (χ1n) is 6.18. The van der Waals surface area contributed by atoms with E-state index in [0.717, 1.165) is 4.90 Å². The van der Waals surface area contributed by atoms with Gasteiger partial charge in [-0.25, -0.2) is 4.39 Å². The predicted molar refractivity (Wildman–Crippen MR) is 86.8 cm³/mol. The number of carbonyl (C=O) groups is 1. The van der Waals surface area contributed by atoms with Crippen molar-refractivity contribution < 1.29 is 9.18 Å². The Balaban J connectivity index is 1.81. The molecule has 0 aliphatic rings. The average Bonchev–Trinajstić information content (AvgIpc) is 2.44. The van der Waals surface area contributed by atoms with Gasteiger partial charge in [0.2, 0.25) is 5.91 Å². The molecule has 2 aromatic rings. The Morgan fingerprint density at radius 2 is 1.76 bits per heavy atom. The zero-order valence-corrected chi connectivity index (χ0v) is 13.2. The summed E-state index contributed by atoms with van der Waals surface area (Å²) in [5.41, 5.74) is 0.140. The first-order valence-corrected chi connectivity index (χ1v) is 7.92. The van der Waals surface area contributed by atoms with Gasteiger partial charge >= 0.3 is 0 Å². The van der Waals surface area contributed by atoms with E-state index >= 15 is 0 Å². The highest BCUT2D eigenvalue weighted by Crippen LogP contribution is 2.22. The third-order valence-corrected chi connectivity index (χ3v) is 4.12. The highest BCUT2D eigenvalue weighted by molar-refractivity contribution is 7.99. The second kappa shape index (κ2) is 7.69. The topological polar surface area (TPSA) is 29.1 Å². The Morgan fingerprint density at radius 1 is 1.10 bits per heavy atom. The molecule has 0 unspecified atom stereocenters. The van der Waals surface area contributed by atoms with E-state index in [4.69, 9.17) is 23.2 Å². The Bertz CT molecular complexity index is 634. The van der Waals surface area contributed by atoms with Gasteiger partial charge in [-0.3, -0.25) is 4.79 Å². The zero-order valence-electron chi connectivity index (χ0n) is 10.9. The van der Waals surface area contributed by atoms with Crippen molar-refractivity contribution in [3.63, 3.8) is 0 Å². The summed E-state index contributed by atoms with van der Waals surface area (Å²) in [7, 11) is 0. The molecule has 2 rings (SSSR count). The normalized spacial score (nSPS) is 10.4. The zero-order chi connectivity index (χ0) is 15.2. The minimum absolute atomic E-state index is 0.140. The number of benzene rings is 2. The van der Waals surface area contributed by atoms with Crippen molar-refractivity contribution in [1.82, 2.24) is 0 Å². The van der Waals surface area contributed by atoms with Crippen LogP contribution in [0.4, 0.5) is 10.1 Å². The molecule has 0 aliphatic carbocycles. The quantitative estimate of drug-likeness (QED) is 0.750. The molecular weight excluding hydrogens is 332 g/mol. The van der Waals surface area contributed by atoms with E-state index in [9.17, 15) is 9.18 Å². The summed E-state index contributed by atoms with van der Waals surface area (Å²) in [5, 5.41) is 3.50. The van der Waals surface area contributed by atoms with Crippen molar-refractivity contribution in [2.45, 2.75) is 11.3 Å². The Kier molecular flexibility index (Phi) is 5.91. The van der Waals surface area contributed by atoms with Gasteiger partial charge < -0.3 is 5.32 Å². The summed E-state index contributed by atoms with van der Waals surface area (Å²) < 4.78 is 13.5. The van der Waals surface area contributed by atoms with Gasteiger partial charge in [0.25, 0.3) is 0 Å². The highest BCUT2D eigenvalue weighted by atomic mass is 35.5. The van der Waals surface area contributed by atoms with Gasteiger partial charge in [-0.1, -0.05) is 23.2 Å². The van der Waals surface area contributed by atoms with Crippen molar-refractivity contribution >= 4 is 46.6 Å². The molecule has 1 amide bonds. The lowest BCUT2D eigenvalue weighted by Crippen LogP contribution is -2.13. The Morgan fingerprint density at radius 3 is 2.43 bits per heavy atom. The van der Waals surface area contributed by atoms with Crippen LogP contribution in [-0.2, 0) is 4.79 Å². The summed E-state index contributed by atoms with van der Waals surface area (Å²) >= 11 is 13.0. The van der Waals surface area contributed by atoms with Crippen LogP contribution in [0.15, 0.2) is 47.4 Å². The van der Waals surface area contributed by atoms with E-state index in [2.05, 4.69) is 5.32 Å². The molecule has 0 aromatic heterocycles. The summed E-state index contributed by atoms with van der Waals surface area (Å²) in [6.07, 6.45) is 0.287. The molecule has 0 saturated carbocycles. The van der Waals surface area contributed by atoms with Crippen molar-refractivity contribution in [3.05, 3.63) is 58.3 Å². The van der Waals surface area contributed by atoms with E-state index < -0.39 is 5.82 Å². The fraction of sp³-hybridized carbons (Fsp3) is 0.133. The van der Waals surface area contributed by atoms with Crippen LogP contribution in [0, 0.1) is 5.82 Å². The average molecular weight is 344 g/mol. The van der Waals surface area contributed by atoms with E-state index in [1.54, 1.807) is 23.9 Å². The number of hydrogen-bond acceptors (Lipinski definition) is 2. The molecule has 21 heavy (non-hydrogen) atoms. The van der Waals surface area contributed by atoms with Crippen molar-refractivity contribution in [2.24, 2.45) is 0 Å². The maximum absolute atomic E-state index is 13.5. The van der Waals surface area contributed by atoms with Crippen LogP contribution in [0.5, 0.6) is 0 Å². The third-order valence-electron chi connectivity index (χ3n) is 2.62. The summed E-state index contributed by atoms with van der Waals surface area (Å²) in [4.78, 5) is 12.8. The molecule has 1 N–H and O–H groups in total. The second-order valence-corrected chi connectivity index (χ2v) is 6.27. The second-order valence-electron chi connectivity index (χ2n) is 4.22. The Labute approximate surface area is 136 Å². The molecule has 0 atom stereocenters. The van der Waals surface area contributed by atoms with Crippen LogP contribution >= 0.6 is 35.0 Å². The molecule has 0 saturated heterocycles. The molecule has 2 aromatic carbocycles. The van der Waals surface area contributed by atoms with Crippen LogP contribution in [0.25, 0.3) is 0 Å². The van der Waals surface area contributed by atoms with Gasteiger partial charge in [-0.15, -0.1) is 11.8 Å². The maximum atomic E-state index is 13.5. The Hall–Kier alpha value is -1.23. The van der Waals surface area contributed by atoms with Crippen molar-refractivity contribution in [3.8, 4) is 0 Å². The van der Waals surface area contributed by atoms with Crippen LogP contribution in [-0.4, -0.2) is 11.7 Å². The molecule has 0 spiro atoms. The van der Waals surface area contributed by atoms with Crippen LogP contribution in [0.2, 0.25) is 10.0 Å². The molecule has 0 radical (unpaired) electrons. The van der Waals surface area contributed by atoms with Gasteiger partial charge in [0.15, 0.2) is 0 Å². The minimum atomic E-state index is -0.541. The summed E-state index contributed by atoms with van der Waals surface area (Å²) in [5.74, 6) is -0.179. The number of amides is 1. The van der Waals surface area contributed by atoms with Gasteiger partial charge in [0.1, 0.15) is 5.82 Å². The van der Waals surface area contributed by atoms with Gasteiger partial charge in [-0.05, 0) is 42.5 Å². The monoisotopic (exact) mass is 343 g/mol. The summed E-state index contributed by atoms with van der Waals surface area (Å²) in [6, 6.07) is 11.5. The number of hydrogen-bond donors (Lipinski definition) is 1. The number of halogens is 3. The molecular formula is C15H12Cl2FNOS. The van der Waals surface area contributed by atoms with Gasteiger partial charge in [-0.2, -0.15) is 0 Å². The molecule has 0 aliphatic heterocycles. The molecule has 6 heteroatoms. The lowest BCUT2D eigenvalue weighted by molar-refractivity contribution is -0.115. The van der Waals surface area contributed by atoms with Crippen molar-refractivity contribution in [2.75, 3.05) is 11.1 Å². The number of thioether (sulfide) groups is 1. The van der Waals surface area contributed by atoms with Crippen molar-refractivity contribution in [1.29, 1.82) is 0 Å².